The van der Waals surface area contributed by atoms with E-state index in [1.807, 2.05) is 0 Å². The molecule has 2 aromatic carbocycles. The minimum atomic E-state index is -2.65. The molecule has 0 aliphatic carbocycles. The normalized spacial score (nSPS) is 20.3. The van der Waals surface area contributed by atoms with Crippen LogP contribution in [0, 0.1) is 5.92 Å². The van der Waals surface area contributed by atoms with Crippen molar-refractivity contribution in [3.8, 4) is 0 Å². The Morgan fingerprint density at radius 1 is 0.833 bits per heavy atom. The van der Waals surface area contributed by atoms with Gasteiger partial charge in [0.2, 0.25) is 0 Å². The van der Waals surface area contributed by atoms with Crippen LogP contribution in [0.5, 0.6) is 0 Å². The van der Waals surface area contributed by atoms with Crippen LogP contribution >= 0.6 is 0 Å². The first-order valence-electron chi connectivity index (χ1n) is 15.5. The third-order valence-corrected chi connectivity index (χ3v) is 18.5. The fraction of sp³-hybridized carbons (Fsp3) is 0.647. The van der Waals surface area contributed by atoms with Crippen LogP contribution in [-0.4, -0.2) is 73.3 Å². The Morgan fingerprint density at radius 2 is 1.38 bits per heavy atom. The van der Waals surface area contributed by atoms with Gasteiger partial charge in [0, 0.05) is 20.1 Å². The Bertz CT molecular complexity index is 1030. The summed E-state index contributed by atoms with van der Waals surface area (Å²) < 4.78 is 31.8. The summed E-state index contributed by atoms with van der Waals surface area (Å²) in [5, 5.41) is 12.2. The highest BCUT2D eigenvalue weighted by Crippen LogP contribution is 2.41. The van der Waals surface area contributed by atoms with Gasteiger partial charge in [0.05, 0.1) is 24.9 Å². The zero-order valence-electron chi connectivity index (χ0n) is 27.7. The van der Waals surface area contributed by atoms with Crippen LogP contribution in [0.1, 0.15) is 61.3 Å². The number of methoxy groups -OCH3 is 1. The van der Waals surface area contributed by atoms with Crippen molar-refractivity contribution in [1.82, 2.24) is 0 Å². The van der Waals surface area contributed by atoms with Crippen molar-refractivity contribution in [3.63, 3.8) is 0 Å². The van der Waals surface area contributed by atoms with Crippen LogP contribution in [0.15, 0.2) is 60.7 Å². The maximum Gasteiger partial charge on any atom is 0.261 e. The number of benzene rings is 2. The van der Waals surface area contributed by atoms with Crippen molar-refractivity contribution in [2.45, 2.75) is 109 Å². The van der Waals surface area contributed by atoms with E-state index in [0.717, 1.165) is 6.42 Å². The molecule has 0 unspecified atom stereocenters. The standard InChI is InChI=1S/C34H56O6Si2/c1-26(24-38-42(34(5,6)7,27-17-13-11-14-18-27)28-19-15-12-16-20-28)21-29(37-25-36-8)31(22-30-32(23-35)39-30)40-41(9,10)33(2,3)4/h11-20,26,29-32,35H,21-25H2,1-10H3/t26-,29+,30+,31+,32+/m1/s1. The number of ether oxygens (including phenoxy) is 3. The number of hydrogen-bond donors (Lipinski definition) is 1. The summed E-state index contributed by atoms with van der Waals surface area (Å²) in [6.45, 7) is 21.3. The third kappa shape index (κ3) is 8.63. The van der Waals surface area contributed by atoms with Crippen LogP contribution in [-0.2, 0) is 23.1 Å². The van der Waals surface area contributed by atoms with Gasteiger partial charge in [-0.2, -0.15) is 0 Å². The molecule has 1 aliphatic rings. The van der Waals surface area contributed by atoms with Gasteiger partial charge in [0.15, 0.2) is 8.32 Å². The van der Waals surface area contributed by atoms with Crippen molar-refractivity contribution in [2.75, 3.05) is 27.1 Å². The molecule has 1 N–H and O–H groups in total. The molecule has 6 nitrogen and oxygen atoms in total. The minimum absolute atomic E-state index is 0.0120. The van der Waals surface area contributed by atoms with E-state index in [0.29, 0.717) is 13.0 Å². The average Bonchev–Trinajstić information content (AvgIpc) is 3.68. The summed E-state index contributed by atoms with van der Waals surface area (Å²) in [5.41, 5.74) is 0. The molecule has 236 valence electrons. The monoisotopic (exact) mass is 616 g/mol. The smallest absolute Gasteiger partial charge is 0.261 e. The fourth-order valence-electron chi connectivity index (χ4n) is 5.58. The van der Waals surface area contributed by atoms with Gasteiger partial charge in [0.25, 0.3) is 8.32 Å². The molecule has 1 fully saturated rings. The van der Waals surface area contributed by atoms with E-state index in [-0.39, 0.29) is 53.8 Å². The number of epoxide rings is 1. The molecule has 0 amide bonds. The molecule has 5 atom stereocenters. The zero-order chi connectivity index (χ0) is 31.2. The zero-order valence-corrected chi connectivity index (χ0v) is 29.7. The van der Waals surface area contributed by atoms with Crippen molar-refractivity contribution < 1.29 is 28.2 Å². The summed E-state index contributed by atoms with van der Waals surface area (Å²) in [6, 6.07) is 21.6. The van der Waals surface area contributed by atoms with Crippen LogP contribution in [0.3, 0.4) is 0 Å². The minimum Gasteiger partial charge on any atom is -0.411 e. The van der Waals surface area contributed by atoms with E-state index >= 15 is 0 Å². The van der Waals surface area contributed by atoms with E-state index < -0.39 is 16.6 Å². The molecule has 0 radical (unpaired) electrons. The van der Waals surface area contributed by atoms with Gasteiger partial charge >= 0.3 is 0 Å². The topological polar surface area (TPSA) is 69.7 Å². The lowest BCUT2D eigenvalue weighted by molar-refractivity contribution is -0.118. The lowest BCUT2D eigenvalue weighted by Gasteiger charge is -2.44. The maximum atomic E-state index is 9.66. The molecule has 1 heterocycles. The van der Waals surface area contributed by atoms with Crippen molar-refractivity contribution in [1.29, 1.82) is 0 Å². The molecule has 1 aliphatic heterocycles. The lowest BCUT2D eigenvalue weighted by Crippen LogP contribution is -2.66. The van der Waals surface area contributed by atoms with Crippen LogP contribution in [0.4, 0.5) is 0 Å². The molecule has 0 aromatic heterocycles. The van der Waals surface area contributed by atoms with Crippen molar-refractivity contribution in [3.05, 3.63) is 60.7 Å². The Kier molecular flexibility index (Phi) is 12.2. The van der Waals surface area contributed by atoms with Gasteiger partial charge < -0.3 is 28.2 Å². The van der Waals surface area contributed by atoms with Crippen molar-refractivity contribution in [2.24, 2.45) is 5.92 Å². The second-order valence-corrected chi connectivity index (χ2v) is 23.5. The Morgan fingerprint density at radius 3 is 1.81 bits per heavy atom. The second-order valence-electron chi connectivity index (χ2n) is 14.5. The fourth-order valence-corrected chi connectivity index (χ4v) is 11.6. The van der Waals surface area contributed by atoms with Gasteiger partial charge in [-0.3, -0.25) is 0 Å². The first-order valence-corrected chi connectivity index (χ1v) is 20.3. The molecule has 3 rings (SSSR count). The Balaban J connectivity index is 1.89. The maximum absolute atomic E-state index is 9.66. The Hall–Kier alpha value is -1.37. The van der Waals surface area contributed by atoms with E-state index in [9.17, 15) is 5.11 Å². The van der Waals surface area contributed by atoms with E-state index in [4.69, 9.17) is 23.1 Å². The third-order valence-electron chi connectivity index (χ3n) is 9.03. The summed E-state index contributed by atoms with van der Waals surface area (Å²) in [5.74, 6) is 0.202. The molecule has 1 saturated heterocycles. The van der Waals surface area contributed by atoms with Crippen molar-refractivity contribution >= 4 is 27.0 Å². The molecular formula is C34H56O6Si2. The highest BCUT2D eigenvalue weighted by atomic mass is 28.4. The molecule has 0 spiro atoms. The number of hydrogen-bond acceptors (Lipinski definition) is 6. The number of rotatable bonds is 16. The quantitative estimate of drug-likeness (QED) is 0.139. The average molecular weight is 617 g/mol. The van der Waals surface area contributed by atoms with Gasteiger partial charge in [0.1, 0.15) is 12.9 Å². The molecule has 0 bridgehead atoms. The lowest BCUT2D eigenvalue weighted by atomic mass is 9.97. The van der Waals surface area contributed by atoms with E-state index in [2.05, 4.69) is 122 Å². The summed E-state index contributed by atoms with van der Waals surface area (Å²) in [6.07, 6.45) is 0.959. The number of aliphatic hydroxyl groups excluding tert-OH is 1. The van der Waals surface area contributed by atoms with E-state index in [1.165, 1.54) is 10.4 Å². The second kappa shape index (κ2) is 14.6. The van der Waals surface area contributed by atoms with Gasteiger partial charge in [-0.05, 0) is 45.9 Å². The van der Waals surface area contributed by atoms with Gasteiger partial charge in [-0.25, -0.2) is 0 Å². The molecule has 0 saturated carbocycles. The highest BCUT2D eigenvalue weighted by Gasteiger charge is 2.51. The summed E-state index contributed by atoms with van der Waals surface area (Å²) in [4.78, 5) is 0. The van der Waals surface area contributed by atoms with Gasteiger partial charge in [-0.15, -0.1) is 0 Å². The van der Waals surface area contributed by atoms with Crippen LogP contribution in [0.2, 0.25) is 23.2 Å². The first kappa shape index (κ1) is 35.1. The highest BCUT2D eigenvalue weighted by molar-refractivity contribution is 6.99. The van der Waals surface area contributed by atoms with Gasteiger partial charge in [-0.1, -0.05) is 109 Å². The molecular weight excluding hydrogens is 561 g/mol. The SMILES string of the molecule is COCO[C@@H](C[C@@H](C)CO[Si](c1ccccc1)(c1ccccc1)C(C)(C)C)[C@H](C[C@@H]1O[C@H]1CO)O[Si](C)(C)C(C)(C)C. The largest absolute Gasteiger partial charge is 0.411 e. The summed E-state index contributed by atoms with van der Waals surface area (Å²) in [7, 11) is -3.11. The van der Waals surface area contributed by atoms with Crippen LogP contribution < -0.4 is 10.4 Å². The number of aliphatic hydroxyl groups is 1. The molecule has 8 heteroatoms. The summed E-state index contributed by atoms with van der Waals surface area (Å²) >= 11 is 0. The Labute approximate surface area is 257 Å². The molecule has 2 aromatic rings. The first-order chi connectivity index (χ1) is 19.7. The van der Waals surface area contributed by atoms with E-state index in [1.54, 1.807) is 7.11 Å². The van der Waals surface area contributed by atoms with Crippen LogP contribution in [0.25, 0.3) is 0 Å². The predicted molar refractivity (Wildman–Crippen MR) is 177 cm³/mol. The predicted octanol–water partition coefficient (Wildman–Crippen LogP) is 6.12. The molecule has 42 heavy (non-hydrogen) atoms.